The Labute approximate surface area is 230 Å². The summed E-state index contributed by atoms with van der Waals surface area (Å²) in [5, 5.41) is 11.6. The fraction of sp³-hybridized carbons (Fsp3) is 0.467. The van der Waals surface area contributed by atoms with Crippen molar-refractivity contribution in [1.82, 2.24) is 19.4 Å². The molecule has 0 bridgehead atoms. The first-order valence-electron chi connectivity index (χ1n) is 13.4. The number of imidazole rings is 1. The van der Waals surface area contributed by atoms with E-state index in [1.54, 1.807) is 4.90 Å². The molecule has 0 radical (unpaired) electrons. The average Bonchev–Trinajstić information content (AvgIpc) is 3.25. The molecule has 3 aromatic rings. The van der Waals surface area contributed by atoms with E-state index in [4.69, 9.17) is 14.2 Å². The summed E-state index contributed by atoms with van der Waals surface area (Å²) in [6.45, 7) is 7.92. The van der Waals surface area contributed by atoms with Crippen molar-refractivity contribution < 1.29 is 24.1 Å². The molecule has 0 saturated carbocycles. The summed E-state index contributed by atoms with van der Waals surface area (Å²) in [4.78, 5) is 20.7. The summed E-state index contributed by atoms with van der Waals surface area (Å²) in [5.74, 6) is 2.39. The molecule has 1 fully saturated rings. The minimum Gasteiger partial charge on any atom is -0.494 e. The van der Waals surface area contributed by atoms with Crippen molar-refractivity contribution in [3.63, 3.8) is 0 Å². The number of carbonyl (C=O) groups excluding carboxylic acids is 1. The Bertz CT molecular complexity index is 1180. The number of methoxy groups -OCH3 is 1. The van der Waals surface area contributed by atoms with Crippen LogP contribution in [-0.4, -0.2) is 89.1 Å². The quantitative estimate of drug-likeness (QED) is 0.356. The van der Waals surface area contributed by atoms with Gasteiger partial charge in [-0.1, -0.05) is 29.8 Å². The molecule has 39 heavy (non-hydrogen) atoms. The summed E-state index contributed by atoms with van der Waals surface area (Å²) in [6.07, 6.45) is 4.69. The number of nitrogens with zero attached hydrogens (tertiary/aromatic N) is 4. The minimum atomic E-state index is -1.23. The van der Waals surface area contributed by atoms with Crippen LogP contribution < -0.4 is 9.47 Å². The molecular formula is C30H40N4O5. The van der Waals surface area contributed by atoms with Gasteiger partial charge in [-0.2, -0.15) is 0 Å². The minimum absolute atomic E-state index is 0.0156. The Morgan fingerprint density at radius 3 is 2.41 bits per heavy atom. The molecule has 0 aliphatic carbocycles. The number of hydrogen-bond donors (Lipinski definition) is 1. The van der Waals surface area contributed by atoms with E-state index in [-0.39, 0.29) is 25.7 Å². The van der Waals surface area contributed by atoms with Gasteiger partial charge in [0.25, 0.3) is 0 Å². The number of aliphatic hydroxyl groups is 1. The number of amides is 1. The zero-order valence-corrected chi connectivity index (χ0v) is 23.2. The lowest BCUT2D eigenvalue weighted by Gasteiger charge is -2.33. The van der Waals surface area contributed by atoms with Crippen LogP contribution in [0.5, 0.6) is 11.5 Å². The molecule has 1 aliphatic rings. The molecule has 2 heterocycles. The monoisotopic (exact) mass is 536 g/mol. The van der Waals surface area contributed by atoms with E-state index in [0.717, 1.165) is 35.7 Å². The van der Waals surface area contributed by atoms with Crippen molar-refractivity contribution in [3.05, 3.63) is 77.9 Å². The van der Waals surface area contributed by atoms with Gasteiger partial charge in [-0.25, -0.2) is 4.98 Å². The number of hydrogen-bond acceptors (Lipinski definition) is 7. The van der Waals surface area contributed by atoms with E-state index in [1.807, 2.05) is 62.6 Å². The molecule has 1 atom stereocenters. The third-order valence-corrected chi connectivity index (χ3v) is 6.90. The highest BCUT2D eigenvalue weighted by Gasteiger charge is 2.37. The van der Waals surface area contributed by atoms with Crippen LogP contribution >= 0.6 is 0 Å². The number of aryl methyl sites for hydroxylation is 3. The Kier molecular flexibility index (Phi) is 9.97. The highest BCUT2D eigenvalue weighted by Crippen LogP contribution is 2.21. The summed E-state index contributed by atoms with van der Waals surface area (Å²) in [5.41, 5.74) is 1.01. The van der Waals surface area contributed by atoms with Crippen LogP contribution in [0.25, 0.3) is 0 Å². The number of benzene rings is 2. The van der Waals surface area contributed by atoms with Crippen molar-refractivity contribution >= 4 is 5.91 Å². The van der Waals surface area contributed by atoms with E-state index in [1.165, 1.54) is 7.11 Å². The Morgan fingerprint density at radius 1 is 1.00 bits per heavy atom. The first-order chi connectivity index (χ1) is 18.8. The van der Waals surface area contributed by atoms with Crippen molar-refractivity contribution in [1.29, 1.82) is 0 Å². The number of ether oxygens (including phenoxy) is 3. The van der Waals surface area contributed by atoms with Crippen LogP contribution in [0.3, 0.4) is 0 Å². The van der Waals surface area contributed by atoms with Gasteiger partial charge >= 0.3 is 0 Å². The Balaban J connectivity index is 1.34. The topological polar surface area (TPSA) is 89.3 Å². The van der Waals surface area contributed by atoms with Gasteiger partial charge in [0.15, 0.2) is 0 Å². The van der Waals surface area contributed by atoms with Crippen molar-refractivity contribution in [3.8, 4) is 11.5 Å². The van der Waals surface area contributed by atoms with Gasteiger partial charge in [-0.3, -0.25) is 9.69 Å². The second kappa shape index (κ2) is 13.6. The largest absolute Gasteiger partial charge is 0.494 e. The van der Waals surface area contributed by atoms with E-state index >= 15 is 0 Å². The zero-order chi connectivity index (χ0) is 27.7. The number of rotatable bonds is 12. The van der Waals surface area contributed by atoms with Gasteiger partial charge in [0.05, 0.1) is 13.2 Å². The van der Waals surface area contributed by atoms with Crippen LogP contribution in [0.2, 0.25) is 0 Å². The molecule has 0 unspecified atom stereocenters. The first-order valence-corrected chi connectivity index (χ1v) is 13.4. The van der Waals surface area contributed by atoms with Crippen LogP contribution in [0.15, 0.2) is 60.9 Å². The predicted octanol–water partition coefficient (Wildman–Crippen LogP) is 3.07. The maximum atomic E-state index is 12.7. The molecule has 9 heteroatoms. The lowest BCUT2D eigenvalue weighted by atomic mass is 10.0. The Hall–Kier alpha value is -3.40. The standard InChI is InChI=1S/C30H40N4O5/c1-24-5-9-28(10-6-24)39-23-30(36)21-32(16-17-34(22-30)29(35)20-37-3)19-26-7-11-27(12-8-26)38-18-4-14-33-15-13-31-25(33)2/h5-13,15,36H,4,14,16-23H2,1-3H3/t30-/m0/s1. The van der Waals surface area contributed by atoms with Gasteiger partial charge in [0.1, 0.15) is 36.1 Å². The molecule has 1 amide bonds. The van der Waals surface area contributed by atoms with Crippen molar-refractivity contribution in [2.24, 2.45) is 0 Å². The molecule has 1 aromatic heterocycles. The fourth-order valence-corrected chi connectivity index (χ4v) is 4.76. The second-order valence-corrected chi connectivity index (χ2v) is 10.3. The van der Waals surface area contributed by atoms with E-state index in [9.17, 15) is 9.90 Å². The maximum absolute atomic E-state index is 12.7. The second-order valence-electron chi connectivity index (χ2n) is 10.3. The van der Waals surface area contributed by atoms with E-state index in [0.29, 0.717) is 38.5 Å². The average molecular weight is 537 g/mol. The molecule has 9 nitrogen and oxygen atoms in total. The van der Waals surface area contributed by atoms with Gasteiger partial charge in [-0.15, -0.1) is 0 Å². The zero-order valence-electron chi connectivity index (χ0n) is 23.2. The van der Waals surface area contributed by atoms with Crippen molar-refractivity contribution in [2.45, 2.75) is 39.0 Å². The SMILES string of the molecule is COCC(=O)N1CCN(Cc2ccc(OCCCn3ccnc3C)cc2)C[C@@](O)(COc2ccc(C)cc2)C1. The summed E-state index contributed by atoms with van der Waals surface area (Å²) < 4.78 is 19.1. The molecule has 4 rings (SSSR count). The molecule has 0 spiro atoms. The third-order valence-electron chi connectivity index (χ3n) is 6.90. The molecule has 2 aromatic carbocycles. The van der Waals surface area contributed by atoms with E-state index < -0.39 is 5.60 Å². The highest BCUT2D eigenvalue weighted by molar-refractivity contribution is 5.77. The lowest BCUT2D eigenvalue weighted by Crippen LogP contribution is -2.52. The summed E-state index contributed by atoms with van der Waals surface area (Å²) in [7, 11) is 1.50. The summed E-state index contributed by atoms with van der Waals surface area (Å²) >= 11 is 0. The third kappa shape index (κ3) is 8.54. The molecule has 210 valence electrons. The van der Waals surface area contributed by atoms with Gasteiger partial charge < -0.3 is 28.8 Å². The molecule has 1 saturated heterocycles. The number of carbonyl (C=O) groups is 1. The highest BCUT2D eigenvalue weighted by atomic mass is 16.5. The number of β-amino-alcohol motifs (C(OH)–C–C–N with tert-alkyl or cyclic N) is 1. The van der Waals surface area contributed by atoms with E-state index in [2.05, 4.69) is 26.6 Å². The fourth-order valence-electron chi connectivity index (χ4n) is 4.76. The van der Waals surface area contributed by atoms with Gasteiger partial charge in [0, 0.05) is 52.2 Å². The van der Waals surface area contributed by atoms with Crippen molar-refractivity contribution in [2.75, 3.05) is 53.1 Å². The molecule has 1 N–H and O–H groups in total. The van der Waals surface area contributed by atoms with Crippen LogP contribution in [0, 0.1) is 13.8 Å². The molecule has 1 aliphatic heterocycles. The van der Waals surface area contributed by atoms with Crippen LogP contribution in [0.4, 0.5) is 0 Å². The predicted molar refractivity (Wildman–Crippen MR) is 149 cm³/mol. The van der Waals surface area contributed by atoms with Crippen LogP contribution in [0.1, 0.15) is 23.4 Å². The molecular weight excluding hydrogens is 496 g/mol. The van der Waals surface area contributed by atoms with Gasteiger partial charge in [-0.05, 0) is 50.1 Å². The summed E-state index contributed by atoms with van der Waals surface area (Å²) in [6, 6.07) is 15.8. The Morgan fingerprint density at radius 2 is 1.72 bits per heavy atom. The first kappa shape index (κ1) is 28.6. The normalized spacial score (nSPS) is 18.1. The lowest BCUT2D eigenvalue weighted by molar-refractivity contribution is -0.138. The van der Waals surface area contributed by atoms with Crippen LogP contribution in [-0.2, 0) is 22.6 Å². The maximum Gasteiger partial charge on any atom is 0.248 e. The smallest absolute Gasteiger partial charge is 0.248 e. The number of aromatic nitrogens is 2. The van der Waals surface area contributed by atoms with Gasteiger partial charge in [0.2, 0.25) is 5.91 Å².